The van der Waals surface area contributed by atoms with Gasteiger partial charge in [0.25, 0.3) is 0 Å². The second-order valence-corrected chi connectivity index (χ2v) is 4.32. The Morgan fingerprint density at radius 2 is 2.11 bits per heavy atom. The minimum Gasteiger partial charge on any atom is -0.300 e. The first-order chi connectivity index (χ1) is 8.78. The molecule has 3 aromatic rings. The summed E-state index contributed by atoms with van der Waals surface area (Å²) < 4.78 is 1.99. The molecule has 3 heteroatoms. The van der Waals surface area contributed by atoms with E-state index in [1.165, 1.54) is 5.56 Å². The Kier molecular flexibility index (Phi) is 2.45. The Hall–Kier alpha value is -2.42. The van der Waals surface area contributed by atoms with Gasteiger partial charge in [-0.1, -0.05) is 23.8 Å². The molecule has 0 saturated carbocycles. The molecule has 0 aliphatic heterocycles. The number of imidazole rings is 1. The van der Waals surface area contributed by atoms with Crippen LogP contribution in [0.2, 0.25) is 0 Å². The van der Waals surface area contributed by atoms with Crippen molar-refractivity contribution in [3.63, 3.8) is 0 Å². The molecule has 0 radical (unpaired) electrons. The highest BCUT2D eigenvalue weighted by molar-refractivity contribution is 5.78. The molecule has 1 aromatic carbocycles. The zero-order chi connectivity index (χ0) is 12.5. The SMILES string of the molecule is Cc1cccc(-c2ncc3cc(C=O)ccn23)c1. The van der Waals surface area contributed by atoms with Crippen LogP contribution in [0.15, 0.2) is 48.8 Å². The highest BCUT2D eigenvalue weighted by atomic mass is 16.1. The topological polar surface area (TPSA) is 34.4 Å². The molecule has 0 saturated heterocycles. The van der Waals surface area contributed by atoms with Crippen molar-refractivity contribution < 1.29 is 4.79 Å². The lowest BCUT2D eigenvalue weighted by molar-refractivity contribution is 0.112. The molecular formula is C15H12N2O. The molecule has 0 atom stereocenters. The lowest BCUT2D eigenvalue weighted by Crippen LogP contribution is -1.91. The molecule has 0 bridgehead atoms. The molecule has 18 heavy (non-hydrogen) atoms. The van der Waals surface area contributed by atoms with Crippen molar-refractivity contribution in [3.8, 4) is 11.4 Å². The maximum absolute atomic E-state index is 10.7. The van der Waals surface area contributed by atoms with E-state index >= 15 is 0 Å². The number of pyridine rings is 1. The van der Waals surface area contributed by atoms with Crippen LogP contribution in [0.3, 0.4) is 0 Å². The van der Waals surface area contributed by atoms with Crippen molar-refractivity contribution in [2.75, 3.05) is 0 Å². The Balaban J connectivity index is 2.21. The number of nitrogens with zero attached hydrogens (tertiary/aromatic N) is 2. The van der Waals surface area contributed by atoms with Gasteiger partial charge < -0.3 is 0 Å². The fourth-order valence-corrected chi connectivity index (χ4v) is 2.09. The Bertz CT molecular complexity index is 728. The molecular weight excluding hydrogens is 224 g/mol. The van der Waals surface area contributed by atoms with Crippen molar-refractivity contribution in [2.45, 2.75) is 6.92 Å². The maximum Gasteiger partial charge on any atom is 0.150 e. The Morgan fingerprint density at radius 3 is 2.89 bits per heavy atom. The van der Waals surface area contributed by atoms with Gasteiger partial charge >= 0.3 is 0 Å². The van der Waals surface area contributed by atoms with E-state index < -0.39 is 0 Å². The third-order valence-corrected chi connectivity index (χ3v) is 2.97. The molecule has 0 spiro atoms. The van der Waals surface area contributed by atoms with Gasteiger partial charge in [0.2, 0.25) is 0 Å². The predicted octanol–water partition coefficient (Wildman–Crippen LogP) is 3.12. The summed E-state index contributed by atoms with van der Waals surface area (Å²) in [6.07, 6.45) is 4.51. The average molecular weight is 236 g/mol. The number of hydrogen-bond donors (Lipinski definition) is 0. The van der Waals surface area contributed by atoms with Crippen LogP contribution in [-0.4, -0.2) is 15.7 Å². The summed E-state index contributed by atoms with van der Waals surface area (Å²) in [7, 11) is 0. The normalized spacial score (nSPS) is 10.7. The van der Waals surface area contributed by atoms with Crippen molar-refractivity contribution in [3.05, 3.63) is 59.9 Å². The molecule has 0 aliphatic rings. The molecule has 3 rings (SSSR count). The van der Waals surface area contributed by atoms with Crippen LogP contribution >= 0.6 is 0 Å². The van der Waals surface area contributed by atoms with Crippen molar-refractivity contribution in [2.24, 2.45) is 0 Å². The zero-order valence-corrected chi connectivity index (χ0v) is 10.00. The summed E-state index contributed by atoms with van der Waals surface area (Å²) >= 11 is 0. The number of carbonyl (C=O) groups excluding carboxylic acids is 1. The fraction of sp³-hybridized carbons (Fsp3) is 0.0667. The molecule has 0 unspecified atom stereocenters. The van der Waals surface area contributed by atoms with Crippen LogP contribution in [-0.2, 0) is 0 Å². The summed E-state index contributed by atoms with van der Waals surface area (Å²) in [4.78, 5) is 15.2. The third kappa shape index (κ3) is 1.70. The summed E-state index contributed by atoms with van der Waals surface area (Å²) in [5.41, 5.74) is 3.87. The predicted molar refractivity (Wildman–Crippen MR) is 70.8 cm³/mol. The van der Waals surface area contributed by atoms with Crippen LogP contribution < -0.4 is 0 Å². The standard InChI is InChI=1S/C15H12N2O/c1-11-3-2-4-13(7-11)15-16-9-14-8-12(10-18)5-6-17(14)15/h2-10H,1H3. The van der Waals surface area contributed by atoms with Gasteiger partial charge in [0.05, 0.1) is 11.7 Å². The maximum atomic E-state index is 10.7. The molecule has 2 heterocycles. The summed E-state index contributed by atoms with van der Waals surface area (Å²) in [6, 6.07) is 11.8. The molecule has 0 fully saturated rings. The van der Waals surface area contributed by atoms with E-state index in [9.17, 15) is 4.79 Å². The lowest BCUT2D eigenvalue weighted by atomic mass is 10.1. The minimum atomic E-state index is 0.665. The average Bonchev–Trinajstić information content (AvgIpc) is 2.81. The fourth-order valence-electron chi connectivity index (χ4n) is 2.09. The molecule has 0 amide bonds. The van der Waals surface area contributed by atoms with Crippen molar-refractivity contribution >= 4 is 11.8 Å². The number of hydrogen-bond acceptors (Lipinski definition) is 2. The molecule has 88 valence electrons. The minimum absolute atomic E-state index is 0.665. The van der Waals surface area contributed by atoms with Gasteiger partial charge in [0.15, 0.2) is 0 Å². The Labute approximate surface area is 105 Å². The summed E-state index contributed by atoms with van der Waals surface area (Å²) in [5, 5.41) is 0. The first-order valence-electron chi connectivity index (χ1n) is 5.77. The van der Waals surface area contributed by atoms with Gasteiger partial charge in [-0.2, -0.15) is 0 Å². The van der Waals surface area contributed by atoms with Gasteiger partial charge in [-0.3, -0.25) is 9.20 Å². The molecule has 2 aromatic heterocycles. The van der Waals surface area contributed by atoms with Crippen LogP contribution in [0.25, 0.3) is 16.9 Å². The number of rotatable bonds is 2. The second-order valence-electron chi connectivity index (χ2n) is 4.32. The summed E-state index contributed by atoms with van der Waals surface area (Å²) in [5.74, 6) is 0.895. The number of fused-ring (bicyclic) bond motifs is 1. The van der Waals surface area contributed by atoms with E-state index in [-0.39, 0.29) is 0 Å². The van der Waals surface area contributed by atoms with Gasteiger partial charge in [0.1, 0.15) is 12.1 Å². The quantitative estimate of drug-likeness (QED) is 0.641. The largest absolute Gasteiger partial charge is 0.300 e. The zero-order valence-electron chi connectivity index (χ0n) is 10.00. The molecule has 0 N–H and O–H groups in total. The Morgan fingerprint density at radius 1 is 1.22 bits per heavy atom. The highest BCUT2D eigenvalue weighted by Crippen LogP contribution is 2.21. The second kappa shape index (κ2) is 4.11. The monoisotopic (exact) mass is 236 g/mol. The lowest BCUT2D eigenvalue weighted by Gasteiger charge is -2.02. The third-order valence-electron chi connectivity index (χ3n) is 2.97. The highest BCUT2D eigenvalue weighted by Gasteiger charge is 2.06. The number of aromatic nitrogens is 2. The van der Waals surface area contributed by atoms with Crippen molar-refractivity contribution in [1.82, 2.24) is 9.38 Å². The van der Waals surface area contributed by atoms with Gasteiger partial charge in [-0.25, -0.2) is 4.98 Å². The van der Waals surface area contributed by atoms with E-state index in [2.05, 4.69) is 24.0 Å². The van der Waals surface area contributed by atoms with Crippen LogP contribution in [0.5, 0.6) is 0 Å². The van der Waals surface area contributed by atoms with Crippen LogP contribution in [0.4, 0.5) is 0 Å². The molecule has 3 nitrogen and oxygen atoms in total. The molecule has 0 aliphatic carbocycles. The van der Waals surface area contributed by atoms with E-state index in [1.807, 2.05) is 28.8 Å². The number of carbonyl (C=O) groups is 1. The summed E-state index contributed by atoms with van der Waals surface area (Å²) in [6.45, 7) is 2.06. The van der Waals surface area contributed by atoms with Gasteiger partial charge in [-0.15, -0.1) is 0 Å². The van der Waals surface area contributed by atoms with E-state index in [4.69, 9.17) is 0 Å². The smallest absolute Gasteiger partial charge is 0.150 e. The van der Waals surface area contributed by atoms with Gasteiger partial charge in [0, 0.05) is 17.3 Å². The van der Waals surface area contributed by atoms with Crippen molar-refractivity contribution in [1.29, 1.82) is 0 Å². The van der Waals surface area contributed by atoms with E-state index in [1.54, 1.807) is 12.3 Å². The number of benzene rings is 1. The number of aryl methyl sites for hydroxylation is 1. The first kappa shape index (κ1) is 10.7. The van der Waals surface area contributed by atoms with Crippen LogP contribution in [0, 0.1) is 6.92 Å². The number of aldehydes is 1. The van der Waals surface area contributed by atoms with E-state index in [0.717, 1.165) is 23.2 Å². The van der Waals surface area contributed by atoms with Gasteiger partial charge in [-0.05, 0) is 25.1 Å². The first-order valence-corrected chi connectivity index (χ1v) is 5.77. The van der Waals surface area contributed by atoms with Crippen LogP contribution in [0.1, 0.15) is 15.9 Å². The van der Waals surface area contributed by atoms with E-state index in [0.29, 0.717) is 5.56 Å².